The van der Waals surface area contributed by atoms with Crippen molar-refractivity contribution < 1.29 is 14.3 Å². The SMILES string of the molecule is O=C(COc1ccc2cc(Br)ccc2c1Br)NNC(=S)NC(=O)C(c1ccccc1)c1ccccc1. The molecule has 0 bridgehead atoms. The van der Waals surface area contributed by atoms with E-state index in [0.29, 0.717) is 5.75 Å². The number of hydrazine groups is 1. The van der Waals surface area contributed by atoms with Gasteiger partial charge in [0.1, 0.15) is 5.75 Å². The molecule has 0 radical (unpaired) electrons. The summed E-state index contributed by atoms with van der Waals surface area (Å²) in [6, 6.07) is 28.4. The van der Waals surface area contributed by atoms with Crippen molar-refractivity contribution in [2.45, 2.75) is 5.92 Å². The Morgan fingerprint density at radius 3 is 2.11 bits per heavy atom. The molecule has 36 heavy (non-hydrogen) atoms. The first-order chi connectivity index (χ1) is 17.4. The van der Waals surface area contributed by atoms with Crippen LogP contribution in [-0.2, 0) is 9.59 Å². The molecule has 0 fully saturated rings. The normalized spacial score (nSPS) is 10.6. The lowest BCUT2D eigenvalue weighted by Gasteiger charge is -2.19. The molecule has 0 heterocycles. The number of carbonyl (C=O) groups is 2. The standard InChI is InChI=1S/C27H21Br2N3O3S/c28-20-12-13-21-19(15-20)11-14-22(25(21)29)35-16-23(33)31-32-27(36)30-26(34)24(17-7-3-1-4-8-17)18-9-5-2-6-10-18/h1-15,24H,16H2,(H,31,33)(H2,30,32,34,36). The number of fused-ring (bicyclic) bond motifs is 1. The average molecular weight is 627 g/mol. The fourth-order valence-corrected chi connectivity index (χ4v) is 4.80. The summed E-state index contributed by atoms with van der Waals surface area (Å²) in [6.07, 6.45) is 0. The molecular formula is C27H21Br2N3O3S. The predicted molar refractivity (Wildman–Crippen MR) is 152 cm³/mol. The van der Waals surface area contributed by atoms with Crippen LogP contribution in [0.3, 0.4) is 0 Å². The largest absolute Gasteiger partial charge is 0.483 e. The van der Waals surface area contributed by atoms with Crippen LogP contribution >= 0.6 is 44.1 Å². The molecule has 182 valence electrons. The number of benzene rings is 4. The molecule has 0 aromatic heterocycles. The van der Waals surface area contributed by atoms with Crippen molar-refractivity contribution in [2.24, 2.45) is 0 Å². The van der Waals surface area contributed by atoms with Crippen molar-refractivity contribution in [1.82, 2.24) is 16.2 Å². The average Bonchev–Trinajstić information content (AvgIpc) is 2.88. The van der Waals surface area contributed by atoms with Crippen LogP contribution in [0, 0.1) is 0 Å². The van der Waals surface area contributed by atoms with E-state index in [1.807, 2.05) is 84.9 Å². The fourth-order valence-electron chi connectivity index (χ4n) is 3.66. The van der Waals surface area contributed by atoms with E-state index >= 15 is 0 Å². The van der Waals surface area contributed by atoms with Crippen molar-refractivity contribution in [3.63, 3.8) is 0 Å². The summed E-state index contributed by atoms with van der Waals surface area (Å²) < 4.78 is 7.39. The number of rotatable bonds is 6. The van der Waals surface area contributed by atoms with Gasteiger partial charge in [-0.2, -0.15) is 0 Å². The lowest BCUT2D eigenvalue weighted by Crippen LogP contribution is -2.50. The Kier molecular flexibility index (Phi) is 8.69. The Bertz CT molecular complexity index is 1360. The van der Waals surface area contributed by atoms with E-state index < -0.39 is 11.8 Å². The number of halogens is 2. The summed E-state index contributed by atoms with van der Waals surface area (Å²) in [5.74, 6) is -0.805. The van der Waals surface area contributed by atoms with Crippen LogP contribution in [0.5, 0.6) is 5.75 Å². The van der Waals surface area contributed by atoms with Gasteiger partial charge >= 0.3 is 0 Å². The van der Waals surface area contributed by atoms with Crippen LogP contribution in [0.25, 0.3) is 10.8 Å². The molecule has 0 aliphatic carbocycles. The first-order valence-corrected chi connectivity index (χ1v) is 12.9. The molecule has 0 unspecified atom stereocenters. The second kappa shape index (κ2) is 12.1. The van der Waals surface area contributed by atoms with Crippen LogP contribution in [0.2, 0.25) is 0 Å². The number of carbonyl (C=O) groups excluding carboxylic acids is 2. The number of nitrogens with one attached hydrogen (secondary N) is 3. The van der Waals surface area contributed by atoms with E-state index in [-0.39, 0.29) is 17.6 Å². The molecular weight excluding hydrogens is 606 g/mol. The quantitative estimate of drug-likeness (QED) is 0.192. The Balaban J connectivity index is 1.32. The van der Waals surface area contributed by atoms with Gasteiger partial charge in [-0.05, 0) is 68.2 Å². The minimum atomic E-state index is -0.558. The number of hydrogen-bond donors (Lipinski definition) is 3. The summed E-state index contributed by atoms with van der Waals surface area (Å²) in [5, 5.41) is 4.62. The number of thiocarbonyl (C=S) groups is 1. The summed E-state index contributed by atoms with van der Waals surface area (Å²) >= 11 is 12.2. The number of ether oxygens (including phenoxy) is 1. The maximum atomic E-state index is 13.1. The van der Waals surface area contributed by atoms with E-state index in [0.717, 1.165) is 30.8 Å². The van der Waals surface area contributed by atoms with Gasteiger partial charge in [-0.3, -0.25) is 20.4 Å². The van der Waals surface area contributed by atoms with Crippen LogP contribution in [0.4, 0.5) is 0 Å². The monoisotopic (exact) mass is 625 g/mol. The van der Waals surface area contributed by atoms with Gasteiger partial charge in [-0.1, -0.05) is 88.7 Å². The molecule has 4 aromatic carbocycles. The van der Waals surface area contributed by atoms with Gasteiger partial charge < -0.3 is 10.1 Å². The summed E-state index contributed by atoms with van der Waals surface area (Å²) in [7, 11) is 0. The van der Waals surface area contributed by atoms with Crippen molar-refractivity contribution in [1.29, 1.82) is 0 Å². The Labute approximate surface area is 230 Å². The molecule has 6 nitrogen and oxygen atoms in total. The van der Waals surface area contributed by atoms with Crippen LogP contribution in [0.15, 0.2) is 99.9 Å². The highest BCUT2D eigenvalue weighted by molar-refractivity contribution is 9.11. The third-order valence-electron chi connectivity index (χ3n) is 5.32. The molecule has 0 aliphatic heterocycles. The molecule has 2 amide bonds. The van der Waals surface area contributed by atoms with Gasteiger partial charge in [0, 0.05) is 4.47 Å². The molecule has 3 N–H and O–H groups in total. The summed E-state index contributed by atoms with van der Waals surface area (Å²) in [4.78, 5) is 25.4. The minimum absolute atomic E-state index is 0.0253. The highest BCUT2D eigenvalue weighted by Crippen LogP contribution is 2.34. The minimum Gasteiger partial charge on any atom is -0.483 e. The van der Waals surface area contributed by atoms with E-state index in [1.165, 1.54) is 0 Å². The zero-order valence-corrected chi connectivity index (χ0v) is 22.8. The molecule has 0 saturated heterocycles. The van der Waals surface area contributed by atoms with Crippen molar-refractivity contribution >= 4 is 71.8 Å². The van der Waals surface area contributed by atoms with E-state index in [1.54, 1.807) is 6.07 Å². The maximum absolute atomic E-state index is 13.1. The second-order valence-corrected chi connectivity index (χ2v) is 9.89. The molecule has 0 atom stereocenters. The highest BCUT2D eigenvalue weighted by atomic mass is 79.9. The lowest BCUT2D eigenvalue weighted by molar-refractivity contribution is -0.124. The van der Waals surface area contributed by atoms with Crippen molar-refractivity contribution in [3.05, 3.63) is 111 Å². The topological polar surface area (TPSA) is 79.5 Å². The third-order valence-corrected chi connectivity index (χ3v) is 6.83. The van der Waals surface area contributed by atoms with Crippen molar-refractivity contribution in [2.75, 3.05) is 6.61 Å². The van der Waals surface area contributed by atoms with Gasteiger partial charge in [0.05, 0.1) is 10.4 Å². The molecule has 4 aromatic rings. The van der Waals surface area contributed by atoms with Crippen LogP contribution in [-0.4, -0.2) is 23.5 Å². The van der Waals surface area contributed by atoms with Crippen LogP contribution < -0.4 is 20.9 Å². The third kappa shape index (κ3) is 6.48. The van der Waals surface area contributed by atoms with E-state index in [2.05, 4.69) is 48.0 Å². The van der Waals surface area contributed by atoms with E-state index in [4.69, 9.17) is 17.0 Å². The van der Waals surface area contributed by atoms with E-state index in [9.17, 15) is 9.59 Å². The first kappa shape index (κ1) is 25.8. The van der Waals surface area contributed by atoms with Gasteiger partial charge in [0.2, 0.25) is 5.91 Å². The van der Waals surface area contributed by atoms with Gasteiger partial charge in [0.15, 0.2) is 11.7 Å². The first-order valence-electron chi connectivity index (χ1n) is 10.9. The molecule has 9 heteroatoms. The van der Waals surface area contributed by atoms with Crippen LogP contribution in [0.1, 0.15) is 17.0 Å². The van der Waals surface area contributed by atoms with Gasteiger partial charge in [-0.15, -0.1) is 0 Å². The smallest absolute Gasteiger partial charge is 0.276 e. The predicted octanol–water partition coefficient (Wildman–Crippen LogP) is 5.60. The zero-order chi connectivity index (χ0) is 25.5. The maximum Gasteiger partial charge on any atom is 0.276 e. The summed E-state index contributed by atoms with van der Waals surface area (Å²) in [6.45, 7) is -0.249. The number of hydrogen-bond acceptors (Lipinski definition) is 4. The Hall–Kier alpha value is -3.27. The molecule has 0 spiro atoms. The molecule has 0 saturated carbocycles. The Morgan fingerprint density at radius 1 is 0.833 bits per heavy atom. The lowest BCUT2D eigenvalue weighted by atomic mass is 9.90. The van der Waals surface area contributed by atoms with Gasteiger partial charge in [-0.25, -0.2) is 0 Å². The zero-order valence-electron chi connectivity index (χ0n) is 18.8. The highest BCUT2D eigenvalue weighted by Gasteiger charge is 2.23. The Morgan fingerprint density at radius 2 is 1.47 bits per heavy atom. The van der Waals surface area contributed by atoms with Gasteiger partial charge in [0.25, 0.3) is 5.91 Å². The van der Waals surface area contributed by atoms with Crippen molar-refractivity contribution in [3.8, 4) is 5.75 Å². The summed E-state index contributed by atoms with van der Waals surface area (Å²) in [5.41, 5.74) is 6.67. The molecule has 4 rings (SSSR count). The number of amides is 2. The fraction of sp³-hybridized carbons (Fsp3) is 0.0741. The molecule has 0 aliphatic rings. The second-order valence-electron chi connectivity index (χ2n) is 7.78.